The molecule has 0 atom stereocenters. The van der Waals surface area contributed by atoms with Crippen LogP contribution in [0.4, 0.5) is 0 Å². The standard InChI is InChI=1S/C14H30N2/c1-3-15-12-8-9-13-16(2)14-10-6-4-5-7-11-14/h14-15H,3-13H2,1-2H3. The van der Waals surface area contributed by atoms with Crippen LogP contribution in [0, 0.1) is 0 Å². The van der Waals surface area contributed by atoms with Crippen molar-refractivity contribution in [2.24, 2.45) is 0 Å². The number of nitrogens with zero attached hydrogens (tertiary/aromatic N) is 1. The van der Waals surface area contributed by atoms with Gasteiger partial charge in [-0.1, -0.05) is 32.6 Å². The fraction of sp³-hybridized carbons (Fsp3) is 1.00. The SMILES string of the molecule is CCNCCCCN(C)C1CCCCCC1. The van der Waals surface area contributed by atoms with Gasteiger partial charge in [-0.15, -0.1) is 0 Å². The van der Waals surface area contributed by atoms with Crippen molar-refractivity contribution in [3.8, 4) is 0 Å². The van der Waals surface area contributed by atoms with Crippen molar-refractivity contribution >= 4 is 0 Å². The molecule has 0 aromatic heterocycles. The smallest absolute Gasteiger partial charge is 0.00922 e. The van der Waals surface area contributed by atoms with E-state index in [-0.39, 0.29) is 0 Å². The maximum Gasteiger partial charge on any atom is 0.00922 e. The number of unbranched alkanes of at least 4 members (excludes halogenated alkanes) is 1. The fourth-order valence-electron chi connectivity index (χ4n) is 2.67. The first-order valence-electron chi connectivity index (χ1n) is 7.25. The van der Waals surface area contributed by atoms with E-state index in [0.29, 0.717) is 0 Å². The van der Waals surface area contributed by atoms with E-state index >= 15 is 0 Å². The second-order valence-electron chi connectivity index (χ2n) is 5.19. The minimum absolute atomic E-state index is 0.877. The van der Waals surface area contributed by atoms with Crippen molar-refractivity contribution in [2.75, 3.05) is 26.7 Å². The molecule has 1 aliphatic rings. The average Bonchev–Trinajstić information content (AvgIpc) is 2.57. The highest BCUT2D eigenvalue weighted by atomic mass is 15.1. The molecule has 0 amide bonds. The zero-order valence-electron chi connectivity index (χ0n) is 11.3. The first kappa shape index (κ1) is 14.0. The molecular formula is C14H30N2. The molecule has 1 aliphatic carbocycles. The van der Waals surface area contributed by atoms with E-state index in [2.05, 4.69) is 24.2 Å². The number of hydrogen-bond acceptors (Lipinski definition) is 2. The second kappa shape index (κ2) is 9.00. The number of nitrogens with one attached hydrogen (secondary N) is 1. The van der Waals surface area contributed by atoms with E-state index in [0.717, 1.165) is 12.6 Å². The third-order valence-electron chi connectivity index (χ3n) is 3.81. The molecule has 0 saturated heterocycles. The lowest BCUT2D eigenvalue weighted by Gasteiger charge is -2.27. The molecule has 0 aromatic carbocycles. The lowest BCUT2D eigenvalue weighted by molar-refractivity contribution is 0.217. The van der Waals surface area contributed by atoms with Gasteiger partial charge in [0.2, 0.25) is 0 Å². The predicted molar refractivity (Wildman–Crippen MR) is 71.9 cm³/mol. The Balaban J connectivity index is 2.05. The largest absolute Gasteiger partial charge is 0.317 e. The minimum atomic E-state index is 0.877. The van der Waals surface area contributed by atoms with Gasteiger partial charge in [-0.2, -0.15) is 0 Å². The Morgan fingerprint density at radius 3 is 2.38 bits per heavy atom. The molecule has 1 N–H and O–H groups in total. The van der Waals surface area contributed by atoms with Crippen molar-refractivity contribution in [3.05, 3.63) is 0 Å². The van der Waals surface area contributed by atoms with Crippen molar-refractivity contribution in [3.63, 3.8) is 0 Å². The Morgan fingerprint density at radius 1 is 1.06 bits per heavy atom. The summed E-state index contributed by atoms with van der Waals surface area (Å²) in [6.45, 7) is 5.77. The van der Waals surface area contributed by atoms with Crippen molar-refractivity contribution in [2.45, 2.75) is 64.3 Å². The Bertz CT molecular complexity index is 151. The average molecular weight is 226 g/mol. The molecule has 0 bridgehead atoms. The van der Waals surface area contributed by atoms with Crippen molar-refractivity contribution in [1.29, 1.82) is 0 Å². The van der Waals surface area contributed by atoms with Crippen LogP contribution < -0.4 is 5.32 Å². The van der Waals surface area contributed by atoms with Gasteiger partial charge in [0.15, 0.2) is 0 Å². The Morgan fingerprint density at radius 2 is 1.75 bits per heavy atom. The minimum Gasteiger partial charge on any atom is -0.317 e. The van der Waals surface area contributed by atoms with Crippen molar-refractivity contribution < 1.29 is 0 Å². The summed E-state index contributed by atoms with van der Waals surface area (Å²) in [4.78, 5) is 2.61. The van der Waals surface area contributed by atoms with Crippen LogP contribution in [0.25, 0.3) is 0 Å². The van der Waals surface area contributed by atoms with E-state index in [1.54, 1.807) is 0 Å². The summed E-state index contributed by atoms with van der Waals surface area (Å²) in [7, 11) is 2.32. The van der Waals surface area contributed by atoms with E-state index in [9.17, 15) is 0 Å². The third-order valence-corrected chi connectivity index (χ3v) is 3.81. The fourth-order valence-corrected chi connectivity index (χ4v) is 2.67. The van der Waals surface area contributed by atoms with Gasteiger partial charge in [0.05, 0.1) is 0 Å². The second-order valence-corrected chi connectivity index (χ2v) is 5.19. The van der Waals surface area contributed by atoms with E-state index in [4.69, 9.17) is 0 Å². The van der Waals surface area contributed by atoms with Crippen LogP contribution in [0.1, 0.15) is 58.3 Å². The summed E-state index contributed by atoms with van der Waals surface area (Å²) in [6.07, 6.45) is 11.4. The van der Waals surface area contributed by atoms with Gasteiger partial charge < -0.3 is 10.2 Å². The van der Waals surface area contributed by atoms with Gasteiger partial charge in [0.25, 0.3) is 0 Å². The molecule has 0 spiro atoms. The van der Waals surface area contributed by atoms with Crippen LogP contribution in [0.5, 0.6) is 0 Å². The maximum atomic E-state index is 3.39. The third kappa shape index (κ3) is 5.86. The van der Waals surface area contributed by atoms with Crippen LogP contribution in [0.3, 0.4) is 0 Å². The molecule has 1 fully saturated rings. The first-order valence-corrected chi connectivity index (χ1v) is 7.25. The van der Waals surface area contributed by atoms with Gasteiger partial charge >= 0.3 is 0 Å². The topological polar surface area (TPSA) is 15.3 Å². The molecule has 1 rings (SSSR count). The molecular weight excluding hydrogens is 196 g/mol. The van der Waals surface area contributed by atoms with Crippen LogP contribution in [0.2, 0.25) is 0 Å². The van der Waals surface area contributed by atoms with E-state index < -0.39 is 0 Å². The molecule has 96 valence electrons. The molecule has 16 heavy (non-hydrogen) atoms. The summed E-state index contributed by atoms with van der Waals surface area (Å²) in [6, 6.07) is 0.877. The summed E-state index contributed by atoms with van der Waals surface area (Å²) in [5.41, 5.74) is 0. The molecule has 0 heterocycles. The van der Waals surface area contributed by atoms with Crippen LogP contribution in [-0.2, 0) is 0 Å². The normalized spacial score (nSPS) is 18.9. The predicted octanol–water partition coefficient (Wildman–Crippen LogP) is 3.03. The highest BCUT2D eigenvalue weighted by molar-refractivity contribution is 4.72. The van der Waals surface area contributed by atoms with Crippen LogP contribution >= 0.6 is 0 Å². The van der Waals surface area contributed by atoms with Gasteiger partial charge in [-0.05, 0) is 52.4 Å². The summed E-state index contributed by atoms with van der Waals surface area (Å²) in [5.74, 6) is 0. The van der Waals surface area contributed by atoms with Crippen LogP contribution in [-0.4, -0.2) is 37.6 Å². The Labute approximate surface area is 102 Å². The molecule has 0 unspecified atom stereocenters. The highest BCUT2D eigenvalue weighted by Gasteiger charge is 2.15. The van der Waals surface area contributed by atoms with Gasteiger partial charge in [-0.3, -0.25) is 0 Å². The molecule has 2 nitrogen and oxygen atoms in total. The number of rotatable bonds is 7. The van der Waals surface area contributed by atoms with Gasteiger partial charge in [-0.25, -0.2) is 0 Å². The van der Waals surface area contributed by atoms with Crippen LogP contribution in [0.15, 0.2) is 0 Å². The van der Waals surface area contributed by atoms with Crippen molar-refractivity contribution in [1.82, 2.24) is 10.2 Å². The monoisotopic (exact) mass is 226 g/mol. The molecule has 0 aliphatic heterocycles. The summed E-state index contributed by atoms with van der Waals surface area (Å²) in [5, 5.41) is 3.39. The maximum absolute atomic E-state index is 3.39. The first-order chi connectivity index (χ1) is 7.84. The van der Waals surface area contributed by atoms with Gasteiger partial charge in [0, 0.05) is 6.04 Å². The lowest BCUT2D eigenvalue weighted by atomic mass is 10.1. The summed E-state index contributed by atoms with van der Waals surface area (Å²) >= 11 is 0. The zero-order chi connectivity index (χ0) is 11.6. The molecule has 0 radical (unpaired) electrons. The Kier molecular flexibility index (Phi) is 7.87. The Hall–Kier alpha value is -0.0800. The van der Waals surface area contributed by atoms with E-state index in [1.807, 2.05) is 0 Å². The quantitative estimate of drug-likeness (QED) is 0.530. The molecule has 0 aromatic rings. The van der Waals surface area contributed by atoms with Gasteiger partial charge in [0.1, 0.15) is 0 Å². The summed E-state index contributed by atoms with van der Waals surface area (Å²) < 4.78 is 0. The van der Waals surface area contributed by atoms with E-state index in [1.165, 1.54) is 64.5 Å². The zero-order valence-corrected chi connectivity index (χ0v) is 11.3. The molecule has 1 saturated carbocycles. The lowest BCUT2D eigenvalue weighted by Crippen LogP contribution is -2.32. The molecule has 2 heteroatoms. The number of hydrogen-bond donors (Lipinski definition) is 1. The highest BCUT2D eigenvalue weighted by Crippen LogP contribution is 2.21.